The Morgan fingerprint density at radius 1 is 1.15 bits per heavy atom. The fourth-order valence-corrected chi connectivity index (χ4v) is 5.97. The molecule has 1 aliphatic carbocycles. The number of sulfonamides is 1. The molecule has 0 aliphatic heterocycles. The zero-order valence-corrected chi connectivity index (χ0v) is 20.5. The second kappa shape index (κ2) is 8.57. The highest BCUT2D eigenvalue weighted by molar-refractivity contribution is 7.89. The molecule has 34 heavy (non-hydrogen) atoms. The van der Waals surface area contributed by atoms with E-state index in [2.05, 4.69) is 25.2 Å². The van der Waals surface area contributed by atoms with Crippen LogP contribution < -0.4 is 10.0 Å². The number of thiazole rings is 1. The van der Waals surface area contributed by atoms with E-state index < -0.39 is 22.0 Å². The minimum Gasteiger partial charge on any atom is -0.339 e. The molecule has 9 nitrogen and oxygen atoms in total. The van der Waals surface area contributed by atoms with Gasteiger partial charge in [-0.15, -0.1) is 0 Å². The van der Waals surface area contributed by atoms with Crippen LogP contribution in [0.25, 0.3) is 21.6 Å². The summed E-state index contributed by atoms with van der Waals surface area (Å²) in [6.45, 7) is 5.17. The van der Waals surface area contributed by atoms with E-state index >= 15 is 0 Å². The average molecular weight is 498 g/mol. The number of hydrogen-bond acceptors (Lipinski definition) is 8. The van der Waals surface area contributed by atoms with Crippen molar-refractivity contribution in [3.63, 3.8) is 0 Å². The molecule has 2 heterocycles. The summed E-state index contributed by atoms with van der Waals surface area (Å²) < 4.78 is 35.0. The van der Waals surface area contributed by atoms with Crippen molar-refractivity contribution in [2.45, 2.75) is 50.5 Å². The second-order valence-electron chi connectivity index (χ2n) is 8.53. The molecule has 4 aromatic rings. The fourth-order valence-electron chi connectivity index (χ4n) is 3.53. The molecule has 1 fully saturated rings. The minimum absolute atomic E-state index is 0.0536. The topological polar surface area (TPSA) is 127 Å². The van der Waals surface area contributed by atoms with Gasteiger partial charge in [0, 0.05) is 11.5 Å². The monoisotopic (exact) mass is 497 g/mol. The molecule has 0 unspecified atom stereocenters. The number of benzene rings is 2. The zero-order valence-electron chi connectivity index (χ0n) is 18.8. The summed E-state index contributed by atoms with van der Waals surface area (Å²) in [6, 6.07) is 9.74. The van der Waals surface area contributed by atoms with Crippen LogP contribution in [0.2, 0.25) is 0 Å². The van der Waals surface area contributed by atoms with Crippen LogP contribution >= 0.6 is 11.3 Å². The summed E-state index contributed by atoms with van der Waals surface area (Å²) in [4.78, 5) is 21.5. The van der Waals surface area contributed by atoms with Crippen LogP contribution in [0.5, 0.6) is 0 Å². The highest BCUT2D eigenvalue weighted by atomic mass is 32.2. The zero-order chi connectivity index (χ0) is 24.0. The van der Waals surface area contributed by atoms with E-state index in [1.54, 1.807) is 19.1 Å². The minimum atomic E-state index is -4.00. The van der Waals surface area contributed by atoms with Crippen molar-refractivity contribution in [1.82, 2.24) is 19.8 Å². The van der Waals surface area contributed by atoms with Gasteiger partial charge in [-0.2, -0.15) is 9.71 Å². The first-order valence-corrected chi connectivity index (χ1v) is 13.1. The second-order valence-corrected chi connectivity index (χ2v) is 11.2. The Balaban J connectivity index is 1.32. The number of carbonyl (C=O) groups is 1. The standard InChI is InChI=1S/C23H23N5O4S2/c1-12-4-9-17-18(10-12)33-23(24-17)26-21(29)14(3)28-34(30,31)19-11-16(6-5-13(19)2)20-25-22(32-27-20)15-7-8-15/h4-6,9-11,14-15,28H,7-8H2,1-3H3,(H,24,26,29)/t14-/m1/s1. The van der Waals surface area contributed by atoms with E-state index in [1.165, 1.54) is 24.3 Å². The maximum atomic E-state index is 13.1. The Kier molecular flexibility index (Phi) is 5.70. The first-order chi connectivity index (χ1) is 16.2. The lowest BCUT2D eigenvalue weighted by atomic mass is 10.1. The van der Waals surface area contributed by atoms with Crippen LogP contribution in [0, 0.1) is 13.8 Å². The lowest BCUT2D eigenvalue weighted by Crippen LogP contribution is -2.41. The first kappa shape index (κ1) is 22.6. The van der Waals surface area contributed by atoms with E-state index in [1.807, 2.05) is 25.1 Å². The van der Waals surface area contributed by atoms with Crippen LogP contribution in [-0.2, 0) is 14.8 Å². The van der Waals surface area contributed by atoms with Crippen LogP contribution in [-0.4, -0.2) is 35.5 Å². The third-order valence-corrected chi connectivity index (χ3v) is 8.22. The largest absolute Gasteiger partial charge is 0.339 e. The first-order valence-electron chi connectivity index (χ1n) is 10.8. The van der Waals surface area contributed by atoms with Crippen LogP contribution in [0.4, 0.5) is 5.13 Å². The number of aryl methyl sites for hydroxylation is 2. The van der Waals surface area contributed by atoms with Crippen molar-refractivity contribution >= 4 is 42.6 Å². The van der Waals surface area contributed by atoms with Gasteiger partial charge in [0.1, 0.15) is 0 Å². The van der Waals surface area contributed by atoms with Crippen molar-refractivity contribution in [3.05, 3.63) is 53.4 Å². The fraction of sp³-hybridized carbons (Fsp3) is 0.304. The quantitative estimate of drug-likeness (QED) is 0.393. The Hall–Kier alpha value is -3.15. The maximum absolute atomic E-state index is 13.1. The molecule has 5 rings (SSSR count). The molecule has 0 radical (unpaired) electrons. The van der Waals surface area contributed by atoms with E-state index in [0.717, 1.165) is 28.6 Å². The smallest absolute Gasteiger partial charge is 0.244 e. The molecular formula is C23H23N5O4S2. The summed E-state index contributed by atoms with van der Waals surface area (Å²) in [5.74, 6) is 0.722. The molecule has 0 saturated heterocycles. The van der Waals surface area contributed by atoms with Crippen molar-refractivity contribution in [2.75, 3.05) is 5.32 Å². The Morgan fingerprint density at radius 3 is 2.71 bits per heavy atom. The Morgan fingerprint density at radius 2 is 1.94 bits per heavy atom. The number of hydrogen-bond donors (Lipinski definition) is 2. The van der Waals surface area contributed by atoms with Crippen molar-refractivity contribution in [1.29, 1.82) is 0 Å². The summed E-state index contributed by atoms with van der Waals surface area (Å²) >= 11 is 1.34. The summed E-state index contributed by atoms with van der Waals surface area (Å²) in [5, 5.41) is 7.11. The molecule has 1 aliphatic rings. The van der Waals surface area contributed by atoms with E-state index in [4.69, 9.17) is 4.52 Å². The van der Waals surface area contributed by atoms with Crippen molar-refractivity contribution in [2.24, 2.45) is 0 Å². The van der Waals surface area contributed by atoms with Gasteiger partial charge in [0.05, 0.1) is 21.2 Å². The summed E-state index contributed by atoms with van der Waals surface area (Å²) in [5.41, 5.74) is 2.94. The molecule has 176 valence electrons. The molecule has 2 aromatic carbocycles. The van der Waals surface area contributed by atoms with Gasteiger partial charge < -0.3 is 9.84 Å². The number of carbonyl (C=O) groups excluding carboxylic acids is 1. The average Bonchev–Trinajstić information content (AvgIpc) is 3.38. The normalized spacial score (nSPS) is 14.9. The molecule has 1 saturated carbocycles. The highest BCUT2D eigenvalue weighted by Crippen LogP contribution is 2.39. The molecule has 2 N–H and O–H groups in total. The van der Waals surface area contributed by atoms with Crippen molar-refractivity contribution in [3.8, 4) is 11.4 Å². The third kappa shape index (κ3) is 4.59. The predicted octanol–water partition coefficient (Wildman–Crippen LogP) is 4.15. The van der Waals surface area contributed by atoms with Gasteiger partial charge in [0.15, 0.2) is 5.13 Å². The summed E-state index contributed by atoms with van der Waals surface area (Å²) in [7, 11) is -4.00. The number of aromatic nitrogens is 3. The third-order valence-electron chi connectivity index (χ3n) is 5.60. The molecule has 0 bridgehead atoms. The number of amides is 1. The van der Waals surface area contributed by atoms with Crippen LogP contribution in [0.1, 0.15) is 42.7 Å². The number of nitrogens with zero attached hydrogens (tertiary/aromatic N) is 3. The van der Waals surface area contributed by atoms with Gasteiger partial charge in [-0.1, -0.05) is 34.7 Å². The van der Waals surface area contributed by atoms with Crippen molar-refractivity contribution < 1.29 is 17.7 Å². The predicted molar refractivity (Wildman–Crippen MR) is 129 cm³/mol. The number of rotatable bonds is 7. The lowest BCUT2D eigenvalue weighted by Gasteiger charge is -2.15. The van der Waals surface area contributed by atoms with Crippen LogP contribution in [0.15, 0.2) is 45.8 Å². The molecular weight excluding hydrogens is 474 g/mol. The molecule has 1 amide bonds. The molecule has 11 heteroatoms. The Bertz CT molecular complexity index is 1500. The van der Waals surface area contributed by atoms with Gasteiger partial charge in [0.2, 0.25) is 27.6 Å². The van der Waals surface area contributed by atoms with Gasteiger partial charge in [-0.3, -0.25) is 4.79 Å². The SMILES string of the molecule is Cc1ccc2nc(NC(=O)[C@@H](C)NS(=O)(=O)c3cc(-c4noc(C5CC5)n4)ccc3C)sc2c1. The van der Waals surface area contributed by atoms with Gasteiger partial charge in [0.25, 0.3) is 0 Å². The van der Waals surface area contributed by atoms with Gasteiger partial charge in [-0.05, 0) is 62.9 Å². The summed E-state index contributed by atoms with van der Waals surface area (Å²) in [6.07, 6.45) is 2.05. The van der Waals surface area contributed by atoms with Crippen LogP contribution in [0.3, 0.4) is 0 Å². The number of fused-ring (bicyclic) bond motifs is 1. The maximum Gasteiger partial charge on any atom is 0.244 e. The van der Waals surface area contributed by atoms with E-state index in [9.17, 15) is 13.2 Å². The molecule has 1 atom stereocenters. The highest BCUT2D eigenvalue weighted by Gasteiger charge is 2.30. The Labute approximate surface area is 200 Å². The number of nitrogens with one attached hydrogen (secondary N) is 2. The lowest BCUT2D eigenvalue weighted by molar-refractivity contribution is -0.117. The van der Waals surface area contributed by atoms with E-state index in [0.29, 0.717) is 33.9 Å². The molecule has 2 aromatic heterocycles. The van der Waals surface area contributed by atoms with Gasteiger partial charge in [-0.25, -0.2) is 13.4 Å². The number of anilines is 1. The van der Waals surface area contributed by atoms with E-state index in [-0.39, 0.29) is 4.90 Å². The molecule has 0 spiro atoms. The van der Waals surface area contributed by atoms with Gasteiger partial charge >= 0.3 is 0 Å².